The molecule has 2 aliphatic rings. The Balaban J connectivity index is 1.42. The molecule has 5 aromatic rings. The normalized spacial score (nSPS) is 16.8. The van der Waals surface area contributed by atoms with Crippen molar-refractivity contribution >= 4 is 39.1 Å². The highest BCUT2D eigenvalue weighted by molar-refractivity contribution is 7.98. The van der Waals surface area contributed by atoms with E-state index < -0.39 is 0 Å². The molecule has 2 aromatic carbocycles. The van der Waals surface area contributed by atoms with Crippen LogP contribution < -0.4 is 15.0 Å². The fourth-order valence-electron chi connectivity index (χ4n) is 5.13. The van der Waals surface area contributed by atoms with Gasteiger partial charge in [-0.2, -0.15) is 0 Å². The van der Waals surface area contributed by atoms with Gasteiger partial charge in [-0.3, -0.25) is 4.79 Å². The third-order valence-electron chi connectivity index (χ3n) is 6.79. The van der Waals surface area contributed by atoms with E-state index in [1.165, 1.54) is 10.4 Å². The highest BCUT2D eigenvalue weighted by atomic mass is 32.2. The lowest BCUT2D eigenvalue weighted by atomic mass is 9.88. The second kappa shape index (κ2) is 8.13. The van der Waals surface area contributed by atoms with Crippen molar-refractivity contribution in [1.82, 2.24) is 19.2 Å². The summed E-state index contributed by atoms with van der Waals surface area (Å²) in [7, 11) is 0. The zero-order valence-corrected chi connectivity index (χ0v) is 20.7. The van der Waals surface area contributed by atoms with E-state index in [2.05, 4.69) is 21.5 Å². The Hall–Kier alpha value is -3.30. The van der Waals surface area contributed by atoms with Gasteiger partial charge in [0.1, 0.15) is 4.83 Å². The van der Waals surface area contributed by atoms with E-state index in [-0.39, 0.29) is 12.4 Å². The van der Waals surface area contributed by atoms with Gasteiger partial charge in [-0.1, -0.05) is 43.0 Å². The van der Waals surface area contributed by atoms with Crippen LogP contribution in [0.2, 0.25) is 0 Å². The summed E-state index contributed by atoms with van der Waals surface area (Å²) in [6.45, 7) is 2.50. The first-order chi connectivity index (χ1) is 17.2. The molecule has 9 heteroatoms. The number of benzene rings is 2. The average molecular weight is 503 g/mol. The molecule has 4 heterocycles. The van der Waals surface area contributed by atoms with Crippen molar-refractivity contribution in [3.8, 4) is 17.2 Å². The van der Waals surface area contributed by atoms with E-state index in [9.17, 15) is 4.79 Å². The van der Waals surface area contributed by atoms with Gasteiger partial charge >= 0.3 is 0 Å². The second-order valence-electron chi connectivity index (χ2n) is 8.98. The Kier molecular flexibility index (Phi) is 4.89. The molecule has 0 saturated carbocycles. The fraction of sp³-hybridized carbons (Fsp3) is 0.269. The van der Waals surface area contributed by atoms with E-state index in [0.717, 1.165) is 57.4 Å². The molecule has 176 valence electrons. The molecule has 0 N–H and O–H groups in total. The molecule has 0 saturated heterocycles. The first-order valence-corrected chi connectivity index (χ1v) is 13.5. The number of fused-ring (bicyclic) bond motifs is 6. The molecule has 7 rings (SSSR count). The SMILES string of the molecule is C[C@H]1CCCc2sc3c(c21)c(=O)n(-c1ccccc1)c1nnc(SCc2ccc4c(c2)OCO4)n31. The van der Waals surface area contributed by atoms with Gasteiger partial charge in [0.05, 0.1) is 11.1 Å². The smallest absolute Gasteiger partial charge is 0.268 e. The van der Waals surface area contributed by atoms with Gasteiger partial charge in [-0.05, 0) is 60.6 Å². The number of nitrogens with zero attached hydrogens (tertiary/aromatic N) is 4. The maximum atomic E-state index is 14.0. The number of thiophene rings is 1. The quantitative estimate of drug-likeness (QED) is 0.300. The fourth-order valence-corrected chi connectivity index (χ4v) is 7.52. The number of rotatable bonds is 4. The Morgan fingerprint density at radius 3 is 2.86 bits per heavy atom. The summed E-state index contributed by atoms with van der Waals surface area (Å²) in [6.07, 6.45) is 3.29. The molecule has 1 aliphatic heterocycles. The molecule has 0 fully saturated rings. The highest BCUT2D eigenvalue weighted by Crippen LogP contribution is 2.42. The largest absolute Gasteiger partial charge is 0.454 e. The predicted octanol–water partition coefficient (Wildman–Crippen LogP) is 5.56. The Labute approximate surface area is 209 Å². The summed E-state index contributed by atoms with van der Waals surface area (Å²) in [6, 6.07) is 15.7. The third-order valence-corrected chi connectivity index (χ3v) is 9.04. The second-order valence-corrected chi connectivity index (χ2v) is 11.0. The van der Waals surface area contributed by atoms with Crippen molar-refractivity contribution in [2.75, 3.05) is 6.79 Å². The minimum absolute atomic E-state index is 0.00956. The molecule has 0 amide bonds. The van der Waals surface area contributed by atoms with Gasteiger partial charge in [0.25, 0.3) is 5.56 Å². The zero-order chi connectivity index (χ0) is 23.5. The number of ether oxygens (including phenoxy) is 2. The molecular formula is C26H22N4O3S2. The minimum Gasteiger partial charge on any atom is -0.454 e. The predicted molar refractivity (Wildman–Crippen MR) is 137 cm³/mol. The number of aryl methyl sites for hydroxylation is 1. The monoisotopic (exact) mass is 502 g/mol. The Bertz CT molecular complexity index is 1650. The van der Waals surface area contributed by atoms with Crippen LogP contribution in [0.25, 0.3) is 21.7 Å². The lowest BCUT2D eigenvalue weighted by molar-refractivity contribution is 0.174. The Morgan fingerprint density at radius 1 is 1.11 bits per heavy atom. The van der Waals surface area contributed by atoms with Gasteiger partial charge in [-0.25, -0.2) is 8.97 Å². The molecule has 0 bridgehead atoms. The zero-order valence-electron chi connectivity index (χ0n) is 19.1. The lowest BCUT2D eigenvalue weighted by Crippen LogP contribution is -2.22. The van der Waals surface area contributed by atoms with E-state index in [1.807, 2.05) is 48.5 Å². The van der Waals surface area contributed by atoms with E-state index in [0.29, 0.717) is 17.4 Å². The van der Waals surface area contributed by atoms with Crippen LogP contribution in [-0.2, 0) is 12.2 Å². The van der Waals surface area contributed by atoms with E-state index in [4.69, 9.17) is 9.47 Å². The molecule has 7 nitrogen and oxygen atoms in total. The number of hydrogen-bond acceptors (Lipinski definition) is 7. The van der Waals surface area contributed by atoms with Gasteiger partial charge in [0.15, 0.2) is 16.7 Å². The molecule has 0 unspecified atom stereocenters. The van der Waals surface area contributed by atoms with Crippen molar-refractivity contribution in [1.29, 1.82) is 0 Å². The molecule has 3 aromatic heterocycles. The highest BCUT2D eigenvalue weighted by Gasteiger charge is 2.28. The van der Waals surface area contributed by atoms with Crippen LogP contribution in [0.3, 0.4) is 0 Å². The van der Waals surface area contributed by atoms with Gasteiger partial charge < -0.3 is 9.47 Å². The van der Waals surface area contributed by atoms with E-state index >= 15 is 0 Å². The summed E-state index contributed by atoms with van der Waals surface area (Å²) in [5.41, 5.74) is 3.12. The summed E-state index contributed by atoms with van der Waals surface area (Å²) in [4.78, 5) is 16.2. The molecular weight excluding hydrogens is 480 g/mol. The minimum atomic E-state index is -0.00956. The summed E-state index contributed by atoms with van der Waals surface area (Å²) >= 11 is 3.34. The van der Waals surface area contributed by atoms with Crippen LogP contribution in [0.1, 0.15) is 41.7 Å². The number of aromatic nitrogens is 4. The van der Waals surface area contributed by atoms with Crippen LogP contribution in [0, 0.1) is 0 Å². The van der Waals surface area contributed by atoms with Crippen molar-refractivity contribution in [3.63, 3.8) is 0 Å². The van der Waals surface area contributed by atoms with Crippen LogP contribution in [0.5, 0.6) is 11.5 Å². The summed E-state index contributed by atoms with van der Waals surface area (Å²) in [5.74, 6) is 3.16. The van der Waals surface area contributed by atoms with Crippen LogP contribution in [0.4, 0.5) is 0 Å². The van der Waals surface area contributed by atoms with Gasteiger partial charge in [0.2, 0.25) is 12.6 Å². The first-order valence-electron chi connectivity index (χ1n) is 11.7. The standard InChI is InChI=1S/C26H22N4O3S2/c1-15-6-5-9-20-21(15)22-23(31)29(17-7-3-2-4-8-17)25-27-28-26(30(25)24(22)35-20)34-13-16-10-11-18-19(12-16)33-14-32-18/h2-4,7-8,10-12,15H,5-6,9,13-14H2,1H3/t15-/m0/s1. The molecule has 35 heavy (non-hydrogen) atoms. The van der Waals surface area contributed by atoms with Crippen molar-refractivity contribution in [2.45, 2.75) is 43.0 Å². The number of hydrogen-bond donors (Lipinski definition) is 0. The van der Waals surface area contributed by atoms with Crippen LogP contribution >= 0.6 is 23.1 Å². The summed E-state index contributed by atoms with van der Waals surface area (Å²) in [5, 5.41) is 10.7. The molecule has 1 aliphatic carbocycles. The van der Waals surface area contributed by atoms with Crippen molar-refractivity contribution in [2.24, 2.45) is 0 Å². The lowest BCUT2D eigenvalue weighted by Gasteiger charge is -2.18. The maximum absolute atomic E-state index is 14.0. The molecule has 0 spiro atoms. The molecule has 0 radical (unpaired) electrons. The van der Waals surface area contributed by atoms with Crippen molar-refractivity contribution < 1.29 is 9.47 Å². The summed E-state index contributed by atoms with van der Waals surface area (Å²) < 4.78 is 14.8. The number of thioether (sulfide) groups is 1. The van der Waals surface area contributed by atoms with Gasteiger partial charge in [-0.15, -0.1) is 21.5 Å². The number of para-hydroxylation sites is 1. The average Bonchev–Trinajstić information content (AvgIpc) is 3.60. The third kappa shape index (κ3) is 3.29. The van der Waals surface area contributed by atoms with Crippen LogP contribution in [0.15, 0.2) is 58.5 Å². The topological polar surface area (TPSA) is 70.7 Å². The van der Waals surface area contributed by atoms with E-state index in [1.54, 1.807) is 27.7 Å². The first kappa shape index (κ1) is 21.0. The van der Waals surface area contributed by atoms with Gasteiger partial charge in [0, 0.05) is 10.6 Å². The molecule has 1 atom stereocenters. The van der Waals surface area contributed by atoms with Crippen molar-refractivity contribution in [3.05, 3.63) is 74.9 Å². The maximum Gasteiger partial charge on any atom is 0.268 e. The van der Waals surface area contributed by atoms with Crippen LogP contribution in [-0.4, -0.2) is 26.0 Å². The Morgan fingerprint density at radius 2 is 1.97 bits per heavy atom.